The van der Waals surface area contributed by atoms with E-state index >= 15 is 0 Å². The highest BCUT2D eigenvalue weighted by atomic mass is 35.5. The molecule has 0 saturated carbocycles. The minimum atomic E-state index is -3.94. The Balaban J connectivity index is 1.81. The average molecular weight is 532 g/mol. The van der Waals surface area contributed by atoms with E-state index in [-0.39, 0.29) is 23.6 Å². The largest absolute Gasteiger partial charge is 0.494 e. The quantitative estimate of drug-likeness (QED) is 0.346. The van der Waals surface area contributed by atoms with Crippen LogP contribution in [0, 0.1) is 0 Å². The van der Waals surface area contributed by atoms with Crippen molar-refractivity contribution in [2.45, 2.75) is 25.0 Å². The molecule has 0 amide bonds. The molecule has 0 spiro atoms. The van der Waals surface area contributed by atoms with E-state index in [1.165, 1.54) is 25.0 Å². The maximum absolute atomic E-state index is 13.5. The number of aromatic nitrogens is 6. The van der Waals surface area contributed by atoms with E-state index in [1.54, 1.807) is 49.1 Å². The zero-order valence-electron chi connectivity index (χ0n) is 20.4. The number of anilines is 1. The molecule has 1 unspecified atom stereocenters. The minimum absolute atomic E-state index is 0.0598. The van der Waals surface area contributed by atoms with Gasteiger partial charge < -0.3 is 9.47 Å². The van der Waals surface area contributed by atoms with Crippen molar-refractivity contribution in [2.75, 3.05) is 18.9 Å². The summed E-state index contributed by atoms with van der Waals surface area (Å²) in [6, 6.07) is 10.5. The molecular formula is C23H26ClN7O4S. The van der Waals surface area contributed by atoms with Crippen LogP contribution in [0.2, 0.25) is 5.02 Å². The fraction of sp³-hybridized carbons (Fsp3) is 0.304. The van der Waals surface area contributed by atoms with Crippen LogP contribution >= 0.6 is 11.6 Å². The average Bonchev–Trinajstić information content (AvgIpc) is 3.48. The molecule has 36 heavy (non-hydrogen) atoms. The van der Waals surface area contributed by atoms with E-state index in [0.717, 1.165) is 5.56 Å². The summed E-state index contributed by atoms with van der Waals surface area (Å²) < 4.78 is 43.7. The molecule has 190 valence electrons. The first kappa shape index (κ1) is 25.5. The van der Waals surface area contributed by atoms with Gasteiger partial charge in [0, 0.05) is 30.5 Å². The van der Waals surface area contributed by atoms with Crippen LogP contribution in [0.1, 0.15) is 25.3 Å². The van der Waals surface area contributed by atoms with E-state index in [9.17, 15) is 8.42 Å². The van der Waals surface area contributed by atoms with Crippen molar-refractivity contribution >= 4 is 27.6 Å². The molecule has 3 heterocycles. The predicted molar refractivity (Wildman–Crippen MR) is 136 cm³/mol. The molecule has 1 N–H and O–H groups in total. The fourth-order valence-electron chi connectivity index (χ4n) is 3.73. The number of benzene rings is 1. The zero-order chi connectivity index (χ0) is 26.0. The molecule has 1 aromatic carbocycles. The first-order valence-corrected chi connectivity index (χ1v) is 12.9. The number of hydrogen-bond acceptors (Lipinski definition) is 8. The molecule has 0 saturated heterocycles. The lowest BCUT2D eigenvalue weighted by molar-refractivity contribution is 0.379. The molecule has 0 radical (unpaired) electrons. The van der Waals surface area contributed by atoms with Gasteiger partial charge in [-0.2, -0.15) is 5.10 Å². The highest BCUT2D eigenvalue weighted by Gasteiger charge is 2.32. The van der Waals surface area contributed by atoms with Gasteiger partial charge in [-0.05, 0) is 36.6 Å². The second-order valence-electron chi connectivity index (χ2n) is 8.12. The van der Waals surface area contributed by atoms with E-state index in [1.807, 2.05) is 19.1 Å². The molecule has 0 fully saturated rings. The highest BCUT2D eigenvalue weighted by Crippen LogP contribution is 2.36. The first-order valence-electron chi connectivity index (χ1n) is 11.0. The van der Waals surface area contributed by atoms with Crippen molar-refractivity contribution in [1.29, 1.82) is 0 Å². The lowest BCUT2D eigenvalue weighted by Crippen LogP contribution is -2.30. The lowest BCUT2D eigenvalue weighted by atomic mass is 9.98. The predicted octanol–water partition coefficient (Wildman–Crippen LogP) is 3.67. The summed E-state index contributed by atoms with van der Waals surface area (Å²) in [5, 5.41) is 12.6. The number of ether oxygens (including phenoxy) is 2. The number of methoxy groups -OCH3 is 2. The summed E-state index contributed by atoms with van der Waals surface area (Å²) >= 11 is 5.99. The number of rotatable bonds is 9. The third kappa shape index (κ3) is 4.86. The van der Waals surface area contributed by atoms with Crippen LogP contribution in [-0.2, 0) is 17.1 Å². The highest BCUT2D eigenvalue weighted by molar-refractivity contribution is 7.93. The van der Waals surface area contributed by atoms with Crippen molar-refractivity contribution in [1.82, 2.24) is 29.5 Å². The molecule has 4 aromatic rings. The smallest absolute Gasteiger partial charge is 0.243 e. The van der Waals surface area contributed by atoms with Crippen LogP contribution in [-0.4, -0.2) is 57.4 Å². The second kappa shape index (κ2) is 10.2. The lowest BCUT2D eigenvalue weighted by Gasteiger charge is -2.22. The fourth-order valence-corrected chi connectivity index (χ4v) is 5.12. The Labute approximate surface area is 214 Å². The van der Waals surface area contributed by atoms with Gasteiger partial charge in [-0.3, -0.25) is 14.0 Å². The number of pyridine rings is 1. The van der Waals surface area contributed by atoms with Gasteiger partial charge in [-0.25, -0.2) is 13.4 Å². The number of nitrogens with zero attached hydrogens (tertiary/aromatic N) is 6. The van der Waals surface area contributed by atoms with Crippen molar-refractivity contribution in [3.05, 3.63) is 59.4 Å². The molecule has 13 heteroatoms. The van der Waals surface area contributed by atoms with E-state index in [2.05, 4.69) is 25.0 Å². The van der Waals surface area contributed by atoms with Crippen molar-refractivity contribution in [3.63, 3.8) is 0 Å². The van der Waals surface area contributed by atoms with Crippen LogP contribution in [0.3, 0.4) is 0 Å². The molecule has 2 atom stereocenters. The number of aryl methyl sites for hydroxylation is 1. The first-order chi connectivity index (χ1) is 17.2. The summed E-state index contributed by atoms with van der Waals surface area (Å²) in [6.45, 7) is 3.47. The molecule has 3 aromatic heterocycles. The van der Waals surface area contributed by atoms with Gasteiger partial charge in [0.25, 0.3) is 0 Å². The Morgan fingerprint density at radius 1 is 1.03 bits per heavy atom. The minimum Gasteiger partial charge on any atom is -0.494 e. The van der Waals surface area contributed by atoms with Gasteiger partial charge in [-0.1, -0.05) is 30.7 Å². The standard InChI is InChI=1S/C23H26ClN7O4S/c1-14(16-6-8-17(24)9-7-16)15(2)36(32,33)29-23-27-26-21(18-11-13-30(3)28-18)31(23)20-19(34-4)10-12-25-22(20)35-5/h6-15H,1-5H3,(H,27,29)/t14-,15?/m0/s1. The van der Waals surface area contributed by atoms with Gasteiger partial charge >= 0.3 is 0 Å². The van der Waals surface area contributed by atoms with Crippen LogP contribution in [0.5, 0.6) is 11.6 Å². The number of hydrogen-bond donors (Lipinski definition) is 1. The number of nitrogens with one attached hydrogen (secondary N) is 1. The second-order valence-corrected chi connectivity index (χ2v) is 10.6. The van der Waals surface area contributed by atoms with Gasteiger partial charge in [0.1, 0.15) is 11.4 Å². The van der Waals surface area contributed by atoms with Gasteiger partial charge in [0.2, 0.25) is 21.9 Å². The zero-order valence-corrected chi connectivity index (χ0v) is 21.9. The summed E-state index contributed by atoms with van der Waals surface area (Å²) in [4.78, 5) is 4.26. The monoisotopic (exact) mass is 531 g/mol. The molecule has 0 aliphatic carbocycles. The van der Waals surface area contributed by atoms with E-state index < -0.39 is 15.3 Å². The third-order valence-corrected chi connectivity index (χ3v) is 8.03. The molecule has 0 aliphatic rings. The van der Waals surface area contributed by atoms with Gasteiger partial charge in [-0.15, -0.1) is 10.2 Å². The SMILES string of the molecule is COc1ccnc(OC)c1-n1c(NS(=O)(=O)C(C)[C@H](C)c2ccc(Cl)cc2)nnc1-c1ccn(C)n1. The van der Waals surface area contributed by atoms with E-state index in [4.69, 9.17) is 21.1 Å². The van der Waals surface area contributed by atoms with Crippen molar-refractivity contribution in [3.8, 4) is 28.8 Å². The molecule has 4 rings (SSSR count). The van der Waals surface area contributed by atoms with Crippen LogP contribution in [0.15, 0.2) is 48.8 Å². The van der Waals surface area contributed by atoms with E-state index in [0.29, 0.717) is 22.2 Å². The Morgan fingerprint density at radius 3 is 2.36 bits per heavy atom. The Kier molecular flexibility index (Phi) is 7.18. The third-order valence-electron chi connectivity index (χ3n) is 5.92. The summed E-state index contributed by atoms with van der Waals surface area (Å²) in [5.74, 6) is 0.441. The summed E-state index contributed by atoms with van der Waals surface area (Å²) in [7, 11) is 0.768. The Morgan fingerprint density at radius 2 is 1.75 bits per heavy atom. The molecule has 0 aliphatic heterocycles. The van der Waals surface area contributed by atoms with Gasteiger partial charge in [0.15, 0.2) is 11.5 Å². The summed E-state index contributed by atoms with van der Waals surface area (Å²) in [6.07, 6.45) is 3.26. The molecule has 11 nitrogen and oxygen atoms in total. The van der Waals surface area contributed by atoms with Crippen LogP contribution in [0.25, 0.3) is 17.2 Å². The maximum Gasteiger partial charge on any atom is 0.243 e. The van der Waals surface area contributed by atoms with Crippen LogP contribution < -0.4 is 14.2 Å². The van der Waals surface area contributed by atoms with Gasteiger partial charge in [0.05, 0.1) is 19.5 Å². The molecular weight excluding hydrogens is 506 g/mol. The summed E-state index contributed by atoms with van der Waals surface area (Å²) in [5.41, 5.74) is 1.62. The maximum atomic E-state index is 13.5. The van der Waals surface area contributed by atoms with Crippen LogP contribution in [0.4, 0.5) is 5.95 Å². The number of halogens is 1. The topological polar surface area (TPSA) is 126 Å². The normalized spacial score (nSPS) is 13.3. The molecule has 0 bridgehead atoms. The van der Waals surface area contributed by atoms with Crippen molar-refractivity contribution < 1.29 is 17.9 Å². The Hall–Kier alpha value is -3.64. The number of sulfonamides is 1. The Bertz CT molecular complexity index is 1450. The van der Waals surface area contributed by atoms with Crippen molar-refractivity contribution in [2.24, 2.45) is 7.05 Å².